The van der Waals surface area contributed by atoms with Crippen molar-refractivity contribution in [2.75, 3.05) is 12.4 Å². The second-order valence-corrected chi connectivity index (χ2v) is 8.88. The van der Waals surface area contributed by atoms with E-state index in [1.807, 2.05) is 13.0 Å². The summed E-state index contributed by atoms with van der Waals surface area (Å²) in [5.41, 5.74) is 1.43. The second kappa shape index (κ2) is 9.23. The average Bonchev–Trinajstić information content (AvgIpc) is 2.73. The van der Waals surface area contributed by atoms with Gasteiger partial charge in [0.25, 0.3) is 5.91 Å². The van der Waals surface area contributed by atoms with Gasteiger partial charge in [0.2, 0.25) is 15.0 Å². The van der Waals surface area contributed by atoms with Gasteiger partial charge in [-0.1, -0.05) is 53.6 Å². The van der Waals surface area contributed by atoms with E-state index in [9.17, 15) is 18.0 Å². The highest BCUT2D eigenvalue weighted by Gasteiger charge is 2.24. The van der Waals surface area contributed by atoms with Crippen molar-refractivity contribution in [3.63, 3.8) is 0 Å². The van der Waals surface area contributed by atoms with Gasteiger partial charge in [0.05, 0.1) is 35.3 Å². The lowest BCUT2D eigenvalue weighted by atomic mass is 10.1. The van der Waals surface area contributed by atoms with Crippen molar-refractivity contribution in [1.82, 2.24) is 9.97 Å². The maximum atomic E-state index is 12.8. The first-order valence-corrected chi connectivity index (χ1v) is 11.0. The smallest absolute Gasteiger partial charge is 0.339 e. The van der Waals surface area contributed by atoms with Gasteiger partial charge in [0, 0.05) is 0 Å². The van der Waals surface area contributed by atoms with Gasteiger partial charge in [0.1, 0.15) is 0 Å². The largest absolute Gasteiger partial charge is 0.465 e. The number of ether oxygens (including phenoxy) is 1. The van der Waals surface area contributed by atoms with E-state index < -0.39 is 26.9 Å². The molecule has 2 aromatic carbocycles. The van der Waals surface area contributed by atoms with E-state index in [0.717, 1.165) is 11.8 Å². The van der Waals surface area contributed by atoms with Crippen LogP contribution in [0.2, 0.25) is 5.02 Å². The lowest BCUT2D eigenvalue weighted by Crippen LogP contribution is -2.19. The van der Waals surface area contributed by atoms with E-state index in [-0.39, 0.29) is 27.7 Å². The standard InChI is InChI=1S/C21H18ClN3O5S/c1-13-6-5-7-14(10-13)12-31(28,29)21-23-11-16(22)18(25-21)19(26)24-17-9-4-3-8-15(17)20(27)30-2/h3-11H,12H2,1-2H3,(H,24,26). The minimum absolute atomic E-state index is 0.121. The van der Waals surface area contributed by atoms with Crippen LogP contribution in [0.1, 0.15) is 32.0 Å². The van der Waals surface area contributed by atoms with Crippen LogP contribution in [0.15, 0.2) is 59.9 Å². The average molecular weight is 460 g/mol. The Morgan fingerprint density at radius 1 is 1.13 bits per heavy atom. The van der Waals surface area contributed by atoms with Crippen LogP contribution in [0.25, 0.3) is 0 Å². The Hall–Kier alpha value is -3.30. The summed E-state index contributed by atoms with van der Waals surface area (Å²) in [4.78, 5) is 32.3. The molecule has 3 aromatic rings. The van der Waals surface area contributed by atoms with Crippen LogP contribution in [-0.2, 0) is 20.3 Å². The molecule has 0 bridgehead atoms. The zero-order valence-electron chi connectivity index (χ0n) is 16.6. The van der Waals surface area contributed by atoms with Gasteiger partial charge in [-0.15, -0.1) is 0 Å². The monoisotopic (exact) mass is 459 g/mol. The molecule has 3 rings (SSSR count). The number of amides is 1. The highest BCUT2D eigenvalue weighted by atomic mass is 35.5. The third-order valence-corrected chi connectivity index (χ3v) is 5.98. The molecule has 31 heavy (non-hydrogen) atoms. The Kier molecular flexibility index (Phi) is 6.67. The Morgan fingerprint density at radius 3 is 2.58 bits per heavy atom. The Balaban J connectivity index is 1.91. The number of hydrogen-bond acceptors (Lipinski definition) is 7. The number of nitrogens with zero attached hydrogens (tertiary/aromatic N) is 2. The van der Waals surface area contributed by atoms with Crippen LogP contribution in [0, 0.1) is 6.92 Å². The van der Waals surface area contributed by atoms with Gasteiger partial charge >= 0.3 is 5.97 Å². The number of carbonyl (C=O) groups excluding carboxylic acids is 2. The highest BCUT2D eigenvalue weighted by molar-refractivity contribution is 7.90. The maximum Gasteiger partial charge on any atom is 0.339 e. The van der Waals surface area contributed by atoms with E-state index in [4.69, 9.17) is 16.3 Å². The molecule has 0 radical (unpaired) electrons. The fourth-order valence-electron chi connectivity index (χ4n) is 2.81. The normalized spacial score (nSPS) is 11.1. The number of rotatable bonds is 6. The fraction of sp³-hybridized carbons (Fsp3) is 0.143. The van der Waals surface area contributed by atoms with Gasteiger partial charge in [-0.2, -0.15) is 0 Å². The minimum atomic E-state index is -3.94. The summed E-state index contributed by atoms with van der Waals surface area (Å²) in [6, 6.07) is 13.2. The Labute approximate surface area is 184 Å². The van der Waals surface area contributed by atoms with E-state index >= 15 is 0 Å². The lowest BCUT2D eigenvalue weighted by Gasteiger charge is -2.11. The number of aromatic nitrogens is 2. The summed E-state index contributed by atoms with van der Waals surface area (Å²) in [6.45, 7) is 1.85. The molecule has 0 fully saturated rings. The van der Waals surface area contributed by atoms with Gasteiger partial charge in [-0.25, -0.2) is 23.2 Å². The molecule has 0 unspecified atom stereocenters. The number of aryl methyl sites for hydroxylation is 1. The molecule has 0 aliphatic rings. The summed E-state index contributed by atoms with van der Waals surface area (Å²) in [5, 5.41) is 1.85. The van der Waals surface area contributed by atoms with Crippen molar-refractivity contribution < 1.29 is 22.7 Å². The van der Waals surface area contributed by atoms with Gasteiger partial charge in [-0.3, -0.25) is 4.79 Å². The van der Waals surface area contributed by atoms with Crippen molar-refractivity contribution in [2.45, 2.75) is 17.8 Å². The molecular formula is C21H18ClN3O5S. The summed E-state index contributed by atoms with van der Waals surface area (Å²) < 4.78 is 30.3. The summed E-state index contributed by atoms with van der Waals surface area (Å²) >= 11 is 6.05. The predicted molar refractivity (Wildman–Crippen MR) is 115 cm³/mol. The molecule has 1 N–H and O–H groups in total. The third-order valence-electron chi connectivity index (χ3n) is 4.23. The maximum absolute atomic E-state index is 12.8. The molecule has 0 saturated heterocycles. The molecule has 0 aliphatic carbocycles. The molecule has 0 aliphatic heterocycles. The first-order chi connectivity index (χ1) is 14.7. The molecule has 10 heteroatoms. The number of carbonyl (C=O) groups is 2. The van der Waals surface area contributed by atoms with Crippen molar-refractivity contribution >= 4 is 39.0 Å². The number of sulfone groups is 1. The molecule has 1 amide bonds. The minimum Gasteiger partial charge on any atom is -0.465 e. The quantitative estimate of drug-likeness (QED) is 0.443. The molecule has 1 heterocycles. The fourth-order valence-corrected chi connectivity index (χ4v) is 4.18. The van der Waals surface area contributed by atoms with E-state index in [2.05, 4.69) is 15.3 Å². The number of nitrogens with one attached hydrogen (secondary N) is 1. The highest BCUT2D eigenvalue weighted by Crippen LogP contribution is 2.21. The number of anilines is 1. The molecule has 1 aromatic heterocycles. The van der Waals surface area contributed by atoms with Crippen LogP contribution in [0.3, 0.4) is 0 Å². The van der Waals surface area contributed by atoms with Crippen molar-refractivity contribution in [1.29, 1.82) is 0 Å². The SMILES string of the molecule is COC(=O)c1ccccc1NC(=O)c1nc(S(=O)(=O)Cc2cccc(C)c2)ncc1Cl. The number of hydrogen-bond donors (Lipinski definition) is 1. The van der Waals surface area contributed by atoms with Crippen LogP contribution in [0.5, 0.6) is 0 Å². The van der Waals surface area contributed by atoms with Gasteiger partial charge in [-0.05, 0) is 24.6 Å². The summed E-state index contributed by atoms with van der Waals surface area (Å²) in [6.07, 6.45) is 1.05. The van der Waals surface area contributed by atoms with Crippen LogP contribution >= 0.6 is 11.6 Å². The number of halogens is 1. The zero-order chi connectivity index (χ0) is 22.6. The van der Waals surface area contributed by atoms with Crippen molar-refractivity contribution in [2.24, 2.45) is 0 Å². The topological polar surface area (TPSA) is 115 Å². The Bertz CT molecular complexity index is 1260. The Morgan fingerprint density at radius 2 is 1.87 bits per heavy atom. The lowest BCUT2D eigenvalue weighted by molar-refractivity contribution is 0.0602. The molecule has 0 atom stereocenters. The first kappa shape index (κ1) is 22.4. The third kappa shape index (κ3) is 5.25. The van der Waals surface area contributed by atoms with Gasteiger partial charge in [0.15, 0.2) is 5.69 Å². The number of benzene rings is 2. The number of esters is 1. The van der Waals surface area contributed by atoms with E-state index in [1.54, 1.807) is 30.3 Å². The van der Waals surface area contributed by atoms with Crippen LogP contribution in [0.4, 0.5) is 5.69 Å². The van der Waals surface area contributed by atoms with Crippen LogP contribution < -0.4 is 5.32 Å². The molecule has 160 valence electrons. The van der Waals surface area contributed by atoms with Crippen molar-refractivity contribution in [3.05, 3.63) is 82.1 Å². The van der Waals surface area contributed by atoms with Gasteiger partial charge < -0.3 is 10.1 Å². The predicted octanol–water partition coefficient (Wildman–Crippen LogP) is 3.45. The van der Waals surface area contributed by atoms with Crippen molar-refractivity contribution in [3.8, 4) is 0 Å². The molecule has 8 nitrogen and oxygen atoms in total. The first-order valence-electron chi connectivity index (χ1n) is 9.01. The molecular weight excluding hydrogens is 442 g/mol. The van der Waals surface area contributed by atoms with E-state index in [1.165, 1.54) is 19.2 Å². The molecule has 0 saturated carbocycles. The summed E-state index contributed by atoms with van der Waals surface area (Å²) in [5.74, 6) is -1.77. The molecule has 0 spiro atoms. The van der Waals surface area contributed by atoms with E-state index in [0.29, 0.717) is 5.56 Å². The van der Waals surface area contributed by atoms with Crippen LogP contribution in [-0.4, -0.2) is 37.4 Å². The zero-order valence-corrected chi connectivity index (χ0v) is 18.2. The summed E-state index contributed by atoms with van der Waals surface area (Å²) in [7, 11) is -2.72. The number of para-hydroxylation sites is 1. The second-order valence-electron chi connectivity index (χ2n) is 6.59. The number of methoxy groups -OCH3 is 1.